The predicted octanol–water partition coefficient (Wildman–Crippen LogP) is 2.63. The molecule has 2 heterocycles. The Hall–Kier alpha value is 1.27. The van der Waals surface area contributed by atoms with Crippen LogP contribution in [-0.2, 0) is 18.8 Å². The number of hydrogen-bond acceptors (Lipinski definition) is 4. The fraction of sp³-hybridized carbons (Fsp3) is 1.00. The zero-order valence-corrected chi connectivity index (χ0v) is 14.0. The van der Waals surface area contributed by atoms with Crippen molar-refractivity contribution in [3.05, 3.63) is 0 Å². The summed E-state index contributed by atoms with van der Waals surface area (Å²) in [5.74, 6) is -0.533. The van der Waals surface area contributed by atoms with Gasteiger partial charge in [-0.15, -0.1) is 9.24 Å². The second kappa shape index (κ2) is 5.72. The summed E-state index contributed by atoms with van der Waals surface area (Å²) in [5.41, 5.74) is 0. The molecule has 2 saturated heterocycles. The molecule has 98 valence electrons. The Morgan fingerprint density at radius 1 is 1.29 bits per heavy atom. The van der Waals surface area contributed by atoms with E-state index < -0.39 is 13.1 Å². The van der Waals surface area contributed by atoms with Gasteiger partial charge in [-0.1, -0.05) is 8.93 Å². The summed E-state index contributed by atoms with van der Waals surface area (Å²) in [5, 5.41) is 0. The van der Waals surface area contributed by atoms with Crippen LogP contribution in [0.1, 0.15) is 13.8 Å². The van der Waals surface area contributed by atoms with Gasteiger partial charge in [0.2, 0.25) is 0 Å². The van der Waals surface area contributed by atoms with E-state index in [4.69, 9.17) is 14.2 Å². The van der Waals surface area contributed by atoms with E-state index in [1.165, 1.54) is 0 Å². The van der Waals surface area contributed by atoms with Crippen LogP contribution in [0.3, 0.4) is 0 Å². The van der Waals surface area contributed by atoms with E-state index in [2.05, 4.69) is 18.2 Å². The third-order valence-corrected chi connectivity index (χ3v) is 6.96. The molecule has 0 aromatic carbocycles. The van der Waals surface area contributed by atoms with Crippen LogP contribution in [0, 0.1) is 0 Å². The molecule has 7 atom stereocenters. The fourth-order valence-electron chi connectivity index (χ4n) is 2.33. The number of ether oxygens (including phenoxy) is 3. The van der Waals surface area contributed by atoms with E-state index >= 15 is 0 Å². The summed E-state index contributed by atoms with van der Waals surface area (Å²) >= 11 is 0. The smallest absolute Gasteiger partial charge is 0.185 e. The van der Waals surface area contributed by atoms with Crippen molar-refractivity contribution in [2.45, 2.75) is 44.1 Å². The molecule has 0 N–H and O–H groups in total. The van der Waals surface area contributed by atoms with E-state index in [-0.39, 0.29) is 32.6 Å². The molecule has 0 bridgehead atoms. The van der Waals surface area contributed by atoms with Crippen molar-refractivity contribution in [3.63, 3.8) is 0 Å². The maximum Gasteiger partial charge on any atom is 0.185 e. The molecule has 2 aliphatic heterocycles. The van der Waals surface area contributed by atoms with Gasteiger partial charge < -0.3 is 14.2 Å². The molecular weight excluding hydrogens is 296 g/mol. The average Bonchev–Trinajstić information content (AvgIpc) is 2.73. The van der Waals surface area contributed by atoms with E-state index in [9.17, 15) is 4.57 Å². The maximum atomic E-state index is 10.8. The van der Waals surface area contributed by atoms with Gasteiger partial charge in [0, 0.05) is 13.5 Å². The van der Waals surface area contributed by atoms with Crippen molar-refractivity contribution in [2.75, 3.05) is 12.3 Å². The van der Waals surface area contributed by atoms with Gasteiger partial charge in [0.15, 0.2) is 13.9 Å². The molecule has 0 amide bonds. The lowest BCUT2D eigenvalue weighted by Gasteiger charge is -2.24. The monoisotopic (exact) mass is 314 g/mol. The lowest BCUT2D eigenvalue weighted by Crippen LogP contribution is -2.31. The molecule has 2 aliphatic rings. The first-order chi connectivity index (χ1) is 7.96. The Balaban J connectivity index is 2.07. The summed E-state index contributed by atoms with van der Waals surface area (Å²) in [6.45, 7) is 3.86. The molecule has 17 heavy (non-hydrogen) atoms. The van der Waals surface area contributed by atoms with E-state index in [1.54, 1.807) is 0 Å². The van der Waals surface area contributed by atoms with Crippen LogP contribution < -0.4 is 0 Å². The normalized spacial score (nSPS) is 41.6. The predicted molar refractivity (Wildman–Crippen MR) is 76.2 cm³/mol. The topological polar surface area (TPSA) is 44.8 Å². The second-order valence-electron chi connectivity index (χ2n) is 4.72. The Kier molecular flexibility index (Phi) is 4.94. The minimum Gasteiger partial charge on any atom is -0.369 e. The fourth-order valence-corrected chi connectivity index (χ4v) is 4.74. The number of fused-ring (bicyclic) bond motifs is 1. The van der Waals surface area contributed by atoms with Gasteiger partial charge in [-0.05, 0) is 20.0 Å². The first-order valence-corrected chi connectivity index (χ1v) is 11.0. The highest BCUT2D eigenvalue weighted by Crippen LogP contribution is 2.58. The number of hydrogen-bond donors (Lipinski definition) is 0. The van der Waals surface area contributed by atoms with Crippen molar-refractivity contribution >= 4 is 33.6 Å². The maximum absolute atomic E-state index is 10.8. The van der Waals surface area contributed by atoms with Crippen LogP contribution in [-0.4, -0.2) is 42.5 Å². The third kappa shape index (κ3) is 3.24. The lowest BCUT2D eigenvalue weighted by atomic mass is 10.1. The van der Waals surface area contributed by atoms with Gasteiger partial charge in [0.05, 0.1) is 12.2 Å². The van der Waals surface area contributed by atoms with Gasteiger partial charge >= 0.3 is 0 Å². The molecule has 0 saturated carbocycles. The highest BCUT2D eigenvalue weighted by Gasteiger charge is 2.54. The summed E-state index contributed by atoms with van der Waals surface area (Å²) in [4.78, 5) is 0. The molecule has 0 aromatic heterocycles. The first-order valence-electron chi connectivity index (χ1n) is 5.53. The Labute approximate surface area is 109 Å². The van der Waals surface area contributed by atoms with Gasteiger partial charge in [0.1, 0.15) is 12.2 Å². The first kappa shape index (κ1) is 14.7. The van der Waals surface area contributed by atoms with Crippen LogP contribution in [0.5, 0.6) is 0 Å². The molecule has 2 fully saturated rings. The highest BCUT2D eigenvalue weighted by atomic mass is 32.4. The molecule has 0 spiro atoms. The minimum atomic E-state index is -0.602. The molecular formula is C9H18O4P4. The van der Waals surface area contributed by atoms with Crippen LogP contribution in [0.25, 0.3) is 0 Å². The van der Waals surface area contributed by atoms with Crippen molar-refractivity contribution in [2.24, 2.45) is 0 Å². The van der Waals surface area contributed by atoms with Crippen LogP contribution in [0.2, 0.25) is 0 Å². The van der Waals surface area contributed by atoms with Crippen molar-refractivity contribution in [1.82, 2.24) is 0 Å². The summed E-state index contributed by atoms with van der Waals surface area (Å²) < 4.78 is 28.6. The molecule has 8 heteroatoms. The molecule has 0 aromatic rings. The van der Waals surface area contributed by atoms with Gasteiger partial charge in [-0.2, -0.15) is 0 Å². The summed E-state index contributed by atoms with van der Waals surface area (Å²) in [6, 6.07) is 0. The highest BCUT2D eigenvalue weighted by molar-refractivity contribution is 8.44. The van der Waals surface area contributed by atoms with Gasteiger partial charge in [-0.3, -0.25) is 4.57 Å². The van der Waals surface area contributed by atoms with E-state index in [1.807, 2.05) is 13.8 Å². The van der Waals surface area contributed by atoms with Crippen LogP contribution in [0.15, 0.2) is 0 Å². The molecule has 5 unspecified atom stereocenters. The average molecular weight is 314 g/mol. The molecule has 0 radical (unpaired) electrons. The van der Waals surface area contributed by atoms with E-state index in [0.717, 1.165) is 12.3 Å². The zero-order valence-electron chi connectivity index (χ0n) is 9.91. The quantitative estimate of drug-likeness (QED) is 0.748. The SMILES string of the molecule is CC1(C)OC2C(O1)[C@@H](CP(P)P=O)O[C@H]2CP. The summed E-state index contributed by atoms with van der Waals surface area (Å²) in [7, 11) is 4.92. The van der Waals surface area contributed by atoms with Crippen molar-refractivity contribution < 1.29 is 18.8 Å². The van der Waals surface area contributed by atoms with Crippen LogP contribution in [0.4, 0.5) is 0 Å². The Morgan fingerprint density at radius 2 is 1.88 bits per heavy atom. The number of rotatable bonds is 4. The molecule has 2 rings (SSSR count). The standard InChI is InChI=1S/C9H18O4P4/c1-9(2)12-7-5(3-14)11-6(8(7)13-9)4-17(15)16-10/h5-8H,3-4,14-15H2,1-2H3/t5-,6+,7?,8?,17?/m0/s1. The van der Waals surface area contributed by atoms with Gasteiger partial charge in [-0.25, -0.2) is 0 Å². The Bertz CT molecular complexity index is 301. The second-order valence-corrected chi connectivity index (χ2v) is 11.8. The minimum absolute atomic E-state index is 0.00242. The van der Waals surface area contributed by atoms with Gasteiger partial charge in [0.25, 0.3) is 0 Å². The Morgan fingerprint density at radius 3 is 2.41 bits per heavy atom. The zero-order chi connectivity index (χ0) is 12.6. The molecule has 0 aliphatic carbocycles. The van der Waals surface area contributed by atoms with E-state index in [0.29, 0.717) is 0 Å². The van der Waals surface area contributed by atoms with Crippen molar-refractivity contribution in [3.8, 4) is 0 Å². The largest absolute Gasteiger partial charge is 0.369 e. The lowest BCUT2D eigenvalue weighted by molar-refractivity contribution is -0.182. The van der Waals surface area contributed by atoms with Crippen molar-refractivity contribution in [1.29, 1.82) is 0 Å². The molecule has 4 nitrogen and oxygen atoms in total. The third-order valence-electron chi connectivity index (χ3n) is 2.95. The van der Waals surface area contributed by atoms with Crippen LogP contribution >= 0.6 is 33.6 Å². The summed E-state index contributed by atoms with van der Waals surface area (Å²) in [6.07, 6.45) is 1.64.